The van der Waals surface area contributed by atoms with E-state index in [4.69, 9.17) is 0 Å². The minimum absolute atomic E-state index is 0.0895. The fourth-order valence-electron chi connectivity index (χ4n) is 5.27. The van der Waals surface area contributed by atoms with Gasteiger partial charge in [-0.2, -0.15) is 0 Å². The monoisotopic (exact) mass is 440 g/mol. The van der Waals surface area contributed by atoms with Crippen molar-refractivity contribution in [1.29, 1.82) is 0 Å². The van der Waals surface area contributed by atoms with Gasteiger partial charge in [-0.25, -0.2) is 4.79 Å². The fourth-order valence-corrected chi connectivity index (χ4v) is 5.27. The van der Waals surface area contributed by atoms with Crippen molar-refractivity contribution in [2.75, 3.05) is 32.7 Å². The number of urea groups is 1. The van der Waals surface area contributed by atoms with E-state index in [9.17, 15) is 14.4 Å². The van der Waals surface area contributed by atoms with E-state index in [1.54, 1.807) is 0 Å². The first-order valence-corrected chi connectivity index (χ1v) is 12.1. The second kappa shape index (κ2) is 9.61. The Hall–Kier alpha value is -2.41. The first kappa shape index (κ1) is 22.8. The number of nitrogens with one attached hydrogen (secondary N) is 1. The molecular formula is C25H36N4O3. The van der Waals surface area contributed by atoms with Crippen LogP contribution in [0, 0.1) is 5.92 Å². The highest BCUT2D eigenvalue weighted by molar-refractivity contribution is 6.07. The summed E-state index contributed by atoms with van der Waals surface area (Å²) in [4.78, 5) is 44.5. The number of carbonyl (C=O) groups is 3. The van der Waals surface area contributed by atoms with E-state index in [0.717, 1.165) is 38.9 Å². The smallest absolute Gasteiger partial charge is 0.325 e. The van der Waals surface area contributed by atoms with E-state index in [2.05, 4.69) is 34.5 Å². The maximum absolute atomic E-state index is 13.5. The highest BCUT2D eigenvalue weighted by Gasteiger charge is 2.54. The maximum Gasteiger partial charge on any atom is 0.325 e. The molecule has 3 heterocycles. The van der Waals surface area contributed by atoms with Crippen LogP contribution in [0.5, 0.6) is 0 Å². The molecule has 3 aliphatic heterocycles. The molecule has 3 aliphatic rings. The van der Waals surface area contributed by atoms with Gasteiger partial charge in [0.15, 0.2) is 0 Å². The molecule has 0 saturated carbocycles. The van der Waals surface area contributed by atoms with Gasteiger partial charge >= 0.3 is 6.03 Å². The Bertz CT molecular complexity index is 833. The summed E-state index contributed by atoms with van der Waals surface area (Å²) in [6, 6.07) is 9.93. The highest BCUT2D eigenvalue weighted by Crippen LogP contribution is 2.32. The van der Waals surface area contributed by atoms with Gasteiger partial charge in [0.1, 0.15) is 5.54 Å². The number of nitrogens with zero attached hydrogens (tertiary/aromatic N) is 3. The number of carbonyl (C=O) groups excluding carboxylic acids is 3. The Morgan fingerprint density at radius 1 is 1.12 bits per heavy atom. The second-order valence-corrected chi connectivity index (χ2v) is 10.00. The molecule has 1 atom stereocenters. The quantitative estimate of drug-likeness (QED) is 0.691. The number of amides is 4. The zero-order valence-corrected chi connectivity index (χ0v) is 19.4. The van der Waals surface area contributed by atoms with Crippen LogP contribution >= 0.6 is 0 Å². The van der Waals surface area contributed by atoms with Crippen LogP contribution < -0.4 is 5.32 Å². The van der Waals surface area contributed by atoms with E-state index in [0.29, 0.717) is 38.3 Å². The second-order valence-electron chi connectivity index (χ2n) is 10.00. The lowest BCUT2D eigenvalue weighted by Gasteiger charge is -2.39. The molecule has 0 bridgehead atoms. The largest absolute Gasteiger partial charge is 0.341 e. The van der Waals surface area contributed by atoms with Crippen LogP contribution in [0.15, 0.2) is 30.3 Å². The molecule has 0 radical (unpaired) electrons. The summed E-state index contributed by atoms with van der Waals surface area (Å²) in [5.74, 6) is 0.335. The lowest BCUT2D eigenvalue weighted by Crippen LogP contribution is -2.56. The van der Waals surface area contributed by atoms with Crippen molar-refractivity contribution in [3.8, 4) is 0 Å². The van der Waals surface area contributed by atoms with Crippen molar-refractivity contribution >= 4 is 17.8 Å². The van der Waals surface area contributed by atoms with Crippen molar-refractivity contribution in [1.82, 2.24) is 20.0 Å². The van der Waals surface area contributed by atoms with E-state index in [1.807, 2.05) is 24.8 Å². The van der Waals surface area contributed by atoms with E-state index >= 15 is 0 Å². The zero-order valence-electron chi connectivity index (χ0n) is 19.4. The predicted molar refractivity (Wildman–Crippen MR) is 123 cm³/mol. The maximum atomic E-state index is 13.5. The lowest BCUT2D eigenvalue weighted by atomic mass is 9.87. The Labute approximate surface area is 191 Å². The average Bonchev–Trinajstić information content (AvgIpc) is 3.03. The zero-order chi connectivity index (χ0) is 22.7. The fraction of sp³-hybridized carbons (Fsp3) is 0.640. The summed E-state index contributed by atoms with van der Waals surface area (Å²) < 4.78 is 0. The number of benzene rings is 1. The molecule has 1 N–H and O–H groups in total. The minimum atomic E-state index is -0.773. The third kappa shape index (κ3) is 4.82. The predicted octanol–water partition coefficient (Wildman–Crippen LogP) is 2.65. The number of piperidine rings is 2. The third-order valence-corrected chi connectivity index (χ3v) is 7.16. The van der Waals surface area contributed by atoms with Gasteiger partial charge in [-0.05, 0) is 43.6 Å². The number of likely N-dealkylation sites (tertiary alicyclic amines) is 2. The molecule has 1 spiro atoms. The summed E-state index contributed by atoms with van der Waals surface area (Å²) in [6.07, 6.45) is 4.38. The van der Waals surface area contributed by atoms with Gasteiger partial charge in [0, 0.05) is 39.1 Å². The first-order chi connectivity index (χ1) is 15.4. The molecule has 1 aromatic rings. The molecular weight excluding hydrogens is 404 g/mol. The molecule has 0 aromatic heterocycles. The lowest BCUT2D eigenvalue weighted by molar-refractivity contribution is -0.139. The van der Waals surface area contributed by atoms with Crippen molar-refractivity contribution in [2.24, 2.45) is 5.92 Å². The summed E-state index contributed by atoms with van der Waals surface area (Å²) in [5, 5.41) is 3.04. The van der Waals surface area contributed by atoms with Crippen molar-refractivity contribution in [2.45, 2.75) is 64.0 Å². The van der Waals surface area contributed by atoms with Crippen LogP contribution in [0.1, 0.15) is 51.5 Å². The van der Waals surface area contributed by atoms with Gasteiger partial charge in [-0.1, -0.05) is 44.2 Å². The summed E-state index contributed by atoms with van der Waals surface area (Å²) in [6.45, 7) is 7.81. The molecule has 32 heavy (non-hydrogen) atoms. The van der Waals surface area contributed by atoms with E-state index < -0.39 is 5.54 Å². The SMILES string of the molecule is CC(C)CC(=O)N1CCC[C@H](N2C(=O)NC3(CCN(CCc4ccccc4)CC3)C2=O)C1. The normalized spacial score (nSPS) is 23.8. The van der Waals surface area contributed by atoms with E-state index in [1.165, 1.54) is 10.5 Å². The van der Waals surface area contributed by atoms with Crippen LogP contribution in [-0.4, -0.2) is 76.8 Å². The van der Waals surface area contributed by atoms with Gasteiger partial charge < -0.3 is 15.1 Å². The molecule has 7 nitrogen and oxygen atoms in total. The Morgan fingerprint density at radius 2 is 1.84 bits per heavy atom. The van der Waals surface area contributed by atoms with Crippen LogP contribution in [0.3, 0.4) is 0 Å². The van der Waals surface area contributed by atoms with Crippen LogP contribution in [0.2, 0.25) is 0 Å². The molecule has 3 saturated heterocycles. The highest BCUT2D eigenvalue weighted by atomic mass is 16.2. The van der Waals surface area contributed by atoms with Gasteiger partial charge in [-0.3, -0.25) is 14.5 Å². The molecule has 1 aromatic carbocycles. The average molecular weight is 441 g/mol. The standard InChI is InChI=1S/C25H36N4O3/c1-19(2)17-22(30)28-13-6-9-21(18-28)29-23(31)25(26-24(29)32)11-15-27(16-12-25)14-10-20-7-4-3-5-8-20/h3-5,7-8,19,21H,6,9-18H2,1-2H3,(H,26,32)/t21-/m0/s1. The van der Waals surface area contributed by atoms with Gasteiger partial charge in [0.25, 0.3) is 5.91 Å². The molecule has 3 fully saturated rings. The molecule has 174 valence electrons. The van der Waals surface area contributed by atoms with Crippen LogP contribution in [0.4, 0.5) is 4.79 Å². The van der Waals surface area contributed by atoms with Gasteiger partial charge in [0.05, 0.1) is 6.04 Å². The molecule has 4 rings (SSSR count). The minimum Gasteiger partial charge on any atom is -0.341 e. The van der Waals surface area contributed by atoms with Crippen LogP contribution in [0.25, 0.3) is 0 Å². The first-order valence-electron chi connectivity index (χ1n) is 12.1. The van der Waals surface area contributed by atoms with Gasteiger partial charge in [0.2, 0.25) is 5.91 Å². The Kier molecular flexibility index (Phi) is 6.84. The summed E-state index contributed by atoms with van der Waals surface area (Å²) in [5.41, 5.74) is 0.544. The number of hydrogen-bond acceptors (Lipinski definition) is 4. The number of rotatable bonds is 6. The molecule has 4 amide bonds. The number of imide groups is 1. The van der Waals surface area contributed by atoms with Gasteiger partial charge in [-0.15, -0.1) is 0 Å². The molecule has 0 unspecified atom stereocenters. The van der Waals surface area contributed by atoms with Crippen molar-refractivity contribution in [3.63, 3.8) is 0 Å². The van der Waals surface area contributed by atoms with Crippen LogP contribution in [-0.2, 0) is 16.0 Å². The molecule has 0 aliphatic carbocycles. The van der Waals surface area contributed by atoms with Crippen molar-refractivity contribution < 1.29 is 14.4 Å². The molecule has 7 heteroatoms. The van der Waals surface area contributed by atoms with Crippen molar-refractivity contribution in [3.05, 3.63) is 35.9 Å². The Morgan fingerprint density at radius 3 is 2.53 bits per heavy atom. The third-order valence-electron chi connectivity index (χ3n) is 7.16. The number of hydrogen-bond donors (Lipinski definition) is 1. The Balaban J connectivity index is 1.34. The summed E-state index contributed by atoms with van der Waals surface area (Å²) >= 11 is 0. The summed E-state index contributed by atoms with van der Waals surface area (Å²) in [7, 11) is 0. The topological polar surface area (TPSA) is 73.0 Å². The van der Waals surface area contributed by atoms with E-state index in [-0.39, 0.29) is 23.9 Å².